The highest BCUT2D eigenvalue weighted by Gasteiger charge is 2.27. The first-order valence-corrected chi connectivity index (χ1v) is 10.8. The van der Waals surface area contributed by atoms with Crippen LogP contribution in [0.5, 0.6) is 0 Å². The lowest BCUT2D eigenvalue weighted by atomic mass is 9.88. The Hall–Kier alpha value is -2.30. The fraction of sp³-hybridized carbons (Fsp3) is 0.565. The summed E-state index contributed by atoms with van der Waals surface area (Å²) in [5, 5.41) is 4.45. The fourth-order valence-corrected chi connectivity index (χ4v) is 4.67. The molecule has 28 heavy (non-hydrogen) atoms. The van der Waals surface area contributed by atoms with Crippen LogP contribution in [0.1, 0.15) is 51.4 Å². The zero-order valence-electron chi connectivity index (χ0n) is 16.6. The van der Waals surface area contributed by atoms with Crippen molar-refractivity contribution in [2.45, 2.75) is 64.0 Å². The van der Waals surface area contributed by atoms with Gasteiger partial charge in [0.2, 0.25) is 11.8 Å². The SMILES string of the molecule is O=C(NC1CCN(C(=O)CCn2ccc3ccccc32)CC1)C1CCCCC1. The maximum atomic E-state index is 12.6. The molecule has 0 bridgehead atoms. The number of carbonyl (C=O) groups is 2. The molecule has 2 aliphatic rings. The number of rotatable bonds is 5. The van der Waals surface area contributed by atoms with Gasteiger partial charge in [0, 0.05) is 49.7 Å². The molecular weight excluding hydrogens is 350 g/mol. The van der Waals surface area contributed by atoms with Crippen LogP contribution in [0.15, 0.2) is 36.5 Å². The summed E-state index contributed by atoms with van der Waals surface area (Å²) in [5.41, 5.74) is 1.18. The number of likely N-dealkylation sites (tertiary alicyclic amines) is 1. The quantitative estimate of drug-likeness (QED) is 0.858. The summed E-state index contributed by atoms with van der Waals surface area (Å²) in [6.07, 6.45) is 10.0. The minimum absolute atomic E-state index is 0.213. The Morgan fingerprint density at radius 3 is 2.50 bits per heavy atom. The van der Waals surface area contributed by atoms with Crippen LogP contribution in [-0.2, 0) is 16.1 Å². The highest BCUT2D eigenvalue weighted by Crippen LogP contribution is 2.24. The number of fused-ring (bicyclic) bond motifs is 1. The van der Waals surface area contributed by atoms with E-state index in [0.717, 1.165) is 38.8 Å². The van der Waals surface area contributed by atoms with Crippen molar-refractivity contribution in [1.29, 1.82) is 0 Å². The number of aryl methyl sites for hydroxylation is 1. The molecule has 150 valence electrons. The van der Waals surface area contributed by atoms with Crippen LogP contribution in [0.3, 0.4) is 0 Å². The Bertz CT molecular complexity index is 814. The van der Waals surface area contributed by atoms with E-state index in [1.54, 1.807) is 0 Å². The fourth-order valence-electron chi connectivity index (χ4n) is 4.67. The first-order chi connectivity index (χ1) is 13.7. The Morgan fingerprint density at radius 1 is 0.964 bits per heavy atom. The van der Waals surface area contributed by atoms with Crippen LogP contribution >= 0.6 is 0 Å². The largest absolute Gasteiger partial charge is 0.353 e. The Kier molecular flexibility index (Phi) is 5.98. The lowest BCUT2D eigenvalue weighted by molar-refractivity contribution is -0.132. The van der Waals surface area contributed by atoms with Crippen molar-refractivity contribution in [2.75, 3.05) is 13.1 Å². The number of aromatic nitrogens is 1. The van der Waals surface area contributed by atoms with Gasteiger partial charge >= 0.3 is 0 Å². The van der Waals surface area contributed by atoms with Crippen LogP contribution in [0.4, 0.5) is 0 Å². The maximum absolute atomic E-state index is 12.6. The molecule has 1 N–H and O–H groups in total. The van der Waals surface area contributed by atoms with Gasteiger partial charge in [0.25, 0.3) is 0 Å². The normalized spacial score (nSPS) is 19.1. The van der Waals surface area contributed by atoms with Crippen molar-refractivity contribution >= 4 is 22.7 Å². The van der Waals surface area contributed by atoms with Gasteiger partial charge in [-0.3, -0.25) is 9.59 Å². The van der Waals surface area contributed by atoms with E-state index in [0.29, 0.717) is 13.0 Å². The molecule has 2 heterocycles. The molecule has 0 unspecified atom stereocenters. The second kappa shape index (κ2) is 8.80. The number of carbonyl (C=O) groups excluding carboxylic acids is 2. The standard InChI is InChI=1S/C23H31N3O2/c27-22(13-17-25-14-10-18-6-4-5-9-21(18)25)26-15-11-20(12-16-26)24-23(28)19-7-2-1-3-8-19/h4-6,9-10,14,19-20H,1-3,7-8,11-13,15-17H2,(H,24,28). The van der Waals surface area contributed by atoms with Crippen molar-refractivity contribution in [3.8, 4) is 0 Å². The predicted molar refractivity (Wildman–Crippen MR) is 111 cm³/mol. The van der Waals surface area contributed by atoms with Crippen molar-refractivity contribution in [1.82, 2.24) is 14.8 Å². The van der Waals surface area contributed by atoms with Crippen LogP contribution < -0.4 is 5.32 Å². The number of nitrogens with zero attached hydrogens (tertiary/aromatic N) is 2. The molecule has 5 nitrogen and oxygen atoms in total. The van der Waals surface area contributed by atoms with Crippen LogP contribution in [0.25, 0.3) is 10.9 Å². The first-order valence-electron chi connectivity index (χ1n) is 10.8. The van der Waals surface area contributed by atoms with E-state index in [-0.39, 0.29) is 23.8 Å². The number of hydrogen-bond donors (Lipinski definition) is 1. The molecule has 2 aromatic rings. The lowest BCUT2D eigenvalue weighted by Crippen LogP contribution is -2.48. The summed E-state index contributed by atoms with van der Waals surface area (Å²) < 4.78 is 2.16. The zero-order valence-corrected chi connectivity index (χ0v) is 16.6. The topological polar surface area (TPSA) is 54.3 Å². The van der Waals surface area contributed by atoms with Crippen molar-refractivity contribution < 1.29 is 9.59 Å². The summed E-state index contributed by atoms with van der Waals surface area (Å²) in [6, 6.07) is 10.6. The third-order valence-corrected chi connectivity index (χ3v) is 6.42. The highest BCUT2D eigenvalue weighted by atomic mass is 16.2. The molecule has 2 fully saturated rings. The van der Waals surface area contributed by atoms with Crippen LogP contribution in [0.2, 0.25) is 0 Å². The molecule has 1 aliphatic carbocycles. The number of para-hydroxylation sites is 1. The molecule has 5 heteroatoms. The molecule has 1 aromatic carbocycles. The van der Waals surface area contributed by atoms with Gasteiger partial charge < -0.3 is 14.8 Å². The predicted octanol–water partition coefficient (Wildman–Crippen LogP) is 3.72. The van der Waals surface area contributed by atoms with Crippen molar-refractivity contribution in [2.24, 2.45) is 5.92 Å². The summed E-state index contributed by atoms with van der Waals surface area (Å²) in [4.78, 5) is 27.0. The van der Waals surface area contributed by atoms with Gasteiger partial charge in [-0.25, -0.2) is 0 Å². The average Bonchev–Trinajstić information content (AvgIpc) is 3.16. The van der Waals surface area contributed by atoms with Gasteiger partial charge in [-0.15, -0.1) is 0 Å². The molecule has 0 spiro atoms. The molecule has 0 atom stereocenters. The number of benzene rings is 1. The summed E-state index contributed by atoms with van der Waals surface area (Å²) in [6.45, 7) is 2.21. The lowest BCUT2D eigenvalue weighted by Gasteiger charge is -2.33. The van der Waals surface area contributed by atoms with E-state index in [1.807, 2.05) is 17.0 Å². The summed E-state index contributed by atoms with van der Waals surface area (Å²) >= 11 is 0. The minimum atomic E-state index is 0.213. The summed E-state index contributed by atoms with van der Waals surface area (Å²) in [5.74, 6) is 0.670. The third-order valence-electron chi connectivity index (χ3n) is 6.42. The molecule has 1 saturated heterocycles. The van der Waals surface area contributed by atoms with Gasteiger partial charge in [0.05, 0.1) is 0 Å². The molecule has 1 aromatic heterocycles. The zero-order chi connectivity index (χ0) is 19.3. The van der Waals surface area contributed by atoms with Crippen LogP contribution in [-0.4, -0.2) is 40.4 Å². The molecule has 2 amide bonds. The van der Waals surface area contributed by atoms with Crippen molar-refractivity contribution in [3.63, 3.8) is 0 Å². The number of amides is 2. The monoisotopic (exact) mass is 381 g/mol. The van der Waals surface area contributed by atoms with E-state index in [2.05, 4.69) is 34.3 Å². The number of piperidine rings is 1. The van der Waals surface area contributed by atoms with Gasteiger partial charge in [-0.1, -0.05) is 37.5 Å². The van der Waals surface area contributed by atoms with Gasteiger partial charge in [0.1, 0.15) is 0 Å². The maximum Gasteiger partial charge on any atom is 0.224 e. The second-order valence-corrected chi connectivity index (χ2v) is 8.32. The van der Waals surface area contributed by atoms with Crippen molar-refractivity contribution in [3.05, 3.63) is 36.5 Å². The number of nitrogens with one attached hydrogen (secondary N) is 1. The third kappa shape index (κ3) is 4.40. The molecular formula is C23H31N3O2. The molecule has 1 aliphatic heterocycles. The smallest absolute Gasteiger partial charge is 0.224 e. The Balaban J connectivity index is 1.22. The van der Waals surface area contributed by atoms with E-state index in [4.69, 9.17) is 0 Å². The average molecular weight is 382 g/mol. The van der Waals surface area contributed by atoms with E-state index in [1.165, 1.54) is 30.2 Å². The van der Waals surface area contributed by atoms with E-state index < -0.39 is 0 Å². The van der Waals surface area contributed by atoms with Gasteiger partial charge in [-0.05, 0) is 43.2 Å². The molecule has 0 radical (unpaired) electrons. The van der Waals surface area contributed by atoms with Crippen LogP contribution in [0, 0.1) is 5.92 Å². The van der Waals surface area contributed by atoms with Gasteiger partial charge in [-0.2, -0.15) is 0 Å². The minimum Gasteiger partial charge on any atom is -0.353 e. The Morgan fingerprint density at radius 2 is 1.71 bits per heavy atom. The highest BCUT2D eigenvalue weighted by molar-refractivity contribution is 5.81. The first kappa shape index (κ1) is 19.0. The van der Waals surface area contributed by atoms with E-state index in [9.17, 15) is 9.59 Å². The molecule has 4 rings (SSSR count). The summed E-state index contributed by atoms with van der Waals surface area (Å²) in [7, 11) is 0. The Labute approximate surface area is 167 Å². The van der Waals surface area contributed by atoms with E-state index >= 15 is 0 Å². The van der Waals surface area contributed by atoms with Gasteiger partial charge in [0.15, 0.2) is 0 Å². The molecule has 1 saturated carbocycles. The number of hydrogen-bond acceptors (Lipinski definition) is 2. The second-order valence-electron chi connectivity index (χ2n) is 8.32.